The fourth-order valence-electron chi connectivity index (χ4n) is 4.19. The Morgan fingerprint density at radius 3 is 2.79 bits per heavy atom. The van der Waals surface area contributed by atoms with Crippen LogP contribution in [0.1, 0.15) is 36.8 Å². The molecule has 6 heteroatoms. The maximum Gasteiger partial charge on any atom is 0.230 e. The predicted octanol–water partition coefficient (Wildman–Crippen LogP) is 4.02. The molecule has 2 heterocycles. The molecular weight excluding hydrogens is 354 g/mol. The van der Waals surface area contributed by atoms with Gasteiger partial charge in [-0.25, -0.2) is 4.98 Å². The first-order chi connectivity index (χ1) is 13.7. The Labute approximate surface area is 165 Å². The van der Waals surface area contributed by atoms with Crippen LogP contribution in [0.2, 0.25) is 0 Å². The molecule has 1 fully saturated rings. The number of benzene rings is 1. The van der Waals surface area contributed by atoms with Crippen molar-refractivity contribution in [3.63, 3.8) is 0 Å². The van der Waals surface area contributed by atoms with Crippen LogP contribution in [-0.4, -0.2) is 31.2 Å². The summed E-state index contributed by atoms with van der Waals surface area (Å²) in [6.07, 6.45) is 5.67. The smallest absolute Gasteiger partial charge is 0.230 e. The van der Waals surface area contributed by atoms with Crippen molar-refractivity contribution >= 4 is 23.1 Å². The van der Waals surface area contributed by atoms with Crippen LogP contribution < -0.4 is 10.2 Å². The van der Waals surface area contributed by atoms with Crippen LogP contribution in [0.3, 0.4) is 0 Å². The van der Waals surface area contributed by atoms with Gasteiger partial charge >= 0.3 is 0 Å². The number of hydrogen-bond donors (Lipinski definition) is 1. The van der Waals surface area contributed by atoms with Crippen LogP contribution >= 0.6 is 0 Å². The van der Waals surface area contributed by atoms with Crippen molar-refractivity contribution in [3.05, 3.63) is 47.7 Å². The first-order valence-corrected chi connectivity index (χ1v) is 9.86. The van der Waals surface area contributed by atoms with Crippen molar-refractivity contribution < 1.29 is 14.3 Å². The highest BCUT2D eigenvalue weighted by Gasteiger charge is 2.32. The topological polar surface area (TPSA) is 63.7 Å². The van der Waals surface area contributed by atoms with Gasteiger partial charge in [0.2, 0.25) is 5.91 Å². The summed E-state index contributed by atoms with van der Waals surface area (Å²) in [7, 11) is 3.44. The van der Waals surface area contributed by atoms with E-state index in [-0.39, 0.29) is 17.9 Å². The lowest BCUT2D eigenvalue weighted by Crippen LogP contribution is -2.38. The van der Waals surface area contributed by atoms with E-state index in [0.29, 0.717) is 13.2 Å². The predicted molar refractivity (Wildman–Crippen MR) is 109 cm³/mol. The van der Waals surface area contributed by atoms with E-state index in [2.05, 4.69) is 16.4 Å². The van der Waals surface area contributed by atoms with Gasteiger partial charge in [0.25, 0.3) is 0 Å². The highest BCUT2D eigenvalue weighted by atomic mass is 16.5. The lowest BCUT2D eigenvalue weighted by molar-refractivity contribution is -0.124. The summed E-state index contributed by atoms with van der Waals surface area (Å²) in [5.74, 6) is 1.02. The first kappa shape index (κ1) is 18.9. The van der Waals surface area contributed by atoms with Gasteiger partial charge in [0.05, 0.1) is 30.6 Å². The molecule has 1 aliphatic heterocycles. The Hall–Kier alpha value is -2.44. The van der Waals surface area contributed by atoms with Gasteiger partial charge in [0.15, 0.2) is 0 Å². The Morgan fingerprint density at radius 1 is 1.21 bits per heavy atom. The van der Waals surface area contributed by atoms with Crippen LogP contribution in [0, 0.1) is 5.92 Å². The molecule has 2 aliphatic rings. The number of ether oxygens (including phenoxy) is 2. The van der Waals surface area contributed by atoms with E-state index in [4.69, 9.17) is 9.47 Å². The quantitative estimate of drug-likeness (QED) is 0.866. The van der Waals surface area contributed by atoms with E-state index in [1.54, 1.807) is 20.4 Å². The molecule has 0 atom stereocenters. The van der Waals surface area contributed by atoms with Crippen LogP contribution in [0.5, 0.6) is 0 Å². The molecule has 4 rings (SSSR count). The lowest BCUT2D eigenvalue weighted by atomic mass is 9.86. The molecule has 1 N–H and O–H groups in total. The summed E-state index contributed by atoms with van der Waals surface area (Å²) in [6, 6.07) is 10.0. The number of nitrogens with one attached hydrogen (secondary N) is 1. The number of carbonyl (C=O) groups is 1. The van der Waals surface area contributed by atoms with Gasteiger partial charge in [0.1, 0.15) is 5.82 Å². The van der Waals surface area contributed by atoms with E-state index in [9.17, 15) is 4.79 Å². The monoisotopic (exact) mass is 381 g/mol. The number of rotatable bonds is 4. The van der Waals surface area contributed by atoms with Crippen LogP contribution in [0.25, 0.3) is 0 Å². The Balaban J connectivity index is 1.68. The Bertz CT molecular complexity index is 847. The molecule has 0 radical (unpaired) electrons. The molecule has 148 valence electrons. The molecule has 1 saturated carbocycles. The van der Waals surface area contributed by atoms with Crippen molar-refractivity contribution in [2.45, 2.75) is 44.9 Å². The lowest BCUT2D eigenvalue weighted by Gasteiger charge is -2.32. The summed E-state index contributed by atoms with van der Waals surface area (Å²) in [4.78, 5) is 19.9. The molecule has 6 nitrogen and oxygen atoms in total. The summed E-state index contributed by atoms with van der Waals surface area (Å²) in [5, 5.41) is 3.41. The second-order valence-electron chi connectivity index (χ2n) is 7.55. The van der Waals surface area contributed by atoms with Crippen LogP contribution in [0.4, 0.5) is 17.2 Å². The minimum atomic E-state index is 0.0311. The maximum absolute atomic E-state index is 13.5. The Kier molecular flexibility index (Phi) is 5.59. The highest BCUT2D eigenvalue weighted by Crippen LogP contribution is 2.38. The largest absolute Gasteiger partial charge is 0.381 e. The summed E-state index contributed by atoms with van der Waals surface area (Å²) >= 11 is 0. The van der Waals surface area contributed by atoms with Gasteiger partial charge in [-0.1, -0.05) is 12.1 Å². The third kappa shape index (κ3) is 3.75. The van der Waals surface area contributed by atoms with E-state index in [1.807, 2.05) is 29.2 Å². The van der Waals surface area contributed by atoms with Gasteiger partial charge < -0.3 is 19.7 Å². The number of hydrogen-bond acceptors (Lipinski definition) is 5. The molecule has 1 aliphatic carbocycles. The summed E-state index contributed by atoms with van der Waals surface area (Å²) in [5.41, 5.74) is 3.86. The summed E-state index contributed by atoms with van der Waals surface area (Å²) < 4.78 is 10.8. The van der Waals surface area contributed by atoms with Gasteiger partial charge in [-0.05, 0) is 49.4 Å². The minimum absolute atomic E-state index is 0.0311. The fraction of sp³-hybridized carbons (Fsp3) is 0.455. The molecule has 0 unspecified atom stereocenters. The van der Waals surface area contributed by atoms with E-state index in [1.165, 1.54) is 0 Å². The molecule has 0 bridgehead atoms. The van der Waals surface area contributed by atoms with Gasteiger partial charge in [-0.3, -0.25) is 4.79 Å². The van der Waals surface area contributed by atoms with Crippen molar-refractivity contribution in [2.24, 2.45) is 5.92 Å². The Morgan fingerprint density at radius 2 is 2.04 bits per heavy atom. The third-order valence-corrected chi connectivity index (χ3v) is 5.76. The van der Waals surface area contributed by atoms with Crippen LogP contribution in [-0.2, 0) is 27.4 Å². The zero-order chi connectivity index (χ0) is 19.5. The second kappa shape index (κ2) is 8.29. The average Bonchev–Trinajstić information content (AvgIpc) is 2.90. The normalized spacial score (nSPS) is 21.3. The number of carbonyl (C=O) groups excluding carboxylic acids is 1. The van der Waals surface area contributed by atoms with Crippen molar-refractivity contribution in [3.8, 4) is 0 Å². The number of nitrogens with zero attached hydrogens (tertiary/aromatic N) is 2. The second-order valence-corrected chi connectivity index (χ2v) is 7.55. The number of pyridine rings is 1. The molecule has 28 heavy (non-hydrogen) atoms. The van der Waals surface area contributed by atoms with Crippen LogP contribution in [0.15, 0.2) is 36.5 Å². The van der Waals surface area contributed by atoms with Crippen molar-refractivity contribution in [1.82, 2.24) is 4.98 Å². The van der Waals surface area contributed by atoms with Gasteiger partial charge in [-0.15, -0.1) is 0 Å². The van der Waals surface area contributed by atoms with Gasteiger partial charge in [0, 0.05) is 31.9 Å². The van der Waals surface area contributed by atoms with E-state index < -0.39 is 0 Å². The van der Waals surface area contributed by atoms with Crippen molar-refractivity contribution in [2.75, 3.05) is 24.4 Å². The van der Waals surface area contributed by atoms with E-state index in [0.717, 1.165) is 54.0 Å². The molecule has 2 aromatic rings. The summed E-state index contributed by atoms with van der Waals surface area (Å²) in [6.45, 7) is 1.03. The molecule has 0 saturated heterocycles. The van der Waals surface area contributed by atoms with Crippen molar-refractivity contribution in [1.29, 1.82) is 0 Å². The maximum atomic E-state index is 13.5. The standard InChI is InChI=1S/C22H27N3O3/c1-27-14-15-5-10-19-20(12-15)25(13-17-4-3-11-23-21(17)24-19)22(26)16-6-8-18(28-2)9-7-16/h3-5,10-12,16,18H,6-9,13-14H2,1-2H3,(H,23,24). The molecular formula is C22H27N3O3. The zero-order valence-corrected chi connectivity index (χ0v) is 16.5. The molecule has 1 aromatic carbocycles. The molecule has 1 amide bonds. The zero-order valence-electron chi connectivity index (χ0n) is 16.5. The number of fused-ring (bicyclic) bond motifs is 2. The van der Waals surface area contributed by atoms with Gasteiger partial charge in [-0.2, -0.15) is 0 Å². The number of amides is 1. The fourth-order valence-corrected chi connectivity index (χ4v) is 4.19. The minimum Gasteiger partial charge on any atom is -0.381 e. The third-order valence-electron chi connectivity index (χ3n) is 5.76. The first-order valence-electron chi connectivity index (χ1n) is 9.86. The number of methoxy groups -OCH3 is 2. The highest BCUT2D eigenvalue weighted by molar-refractivity contribution is 5.99. The average molecular weight is 381 g/mol. The molecule has 0 spiro atoms. The molecule has 1 aromatic heterocycles. The SMILES string of the molecule is COCc1ccc2c(c1)N(C(=O)C1CCC(OC)CC1)Cc1cccnc1N2. The number of anilines is 3. The number of aromatic nitrogens is 1. The van der Waals surface area contributed by atoms with E-state index >= 15 is 0 Å².